The SMILES string of the molecule is COCCC(C)(N)COC. The van der Waals surface area contributed by atoms with E-state index in [1.165, 1.54) is 0 Å². The van der Waals surface area contributed by atoms with Crippen molar-refractivity contribution in [2.24, 2.45) is 5.73 Å². The average Bonchev–Trinajstić information content (AvgIpc) is 1.84. The van der Waals surface area contributed by atoms with Gasteiger partial charge in [0.05, 0.1) is 6.61 Å². The van der Waals surface area contributed by atoms with Crippen LogP contribution < -0.4 is 5.73 Å². The summed E-state index contributed by atoms with van der Waals surface area (Å²) < 4.78 is 9.81. The van der Waals surface area contributed by atoms with Gasteiger partial charge in [0.15, 0.2) is 0 Å². The first kappa shape index (κ1) is 9.88. The van der Waals surface area contributed by atoms with E-state index in [2.05, 4.69) is 0 Å². The maximum Gasteiger partial charge on any atom is 0.0640 e. The van der Waals surface area contributed by atoms with Crippen LogP contribution in [0.4, 0.5) is 0 Å². The van der Waals surface area contributed by atoms with Gasteiger partial charge in [0.1, 0.15) is 0 Å². The van der Waals surface area contributed by atoms with Crippen LogP contribution in [0.1, 0.15) is 13.3 Å². The van der Waals surface area contributed by atoms with Crippen molar-refractivity contribution in [1.29, 1.82) is 0 Å². The minimum Gasteiger partial charge on any atom is -0.385 e. The van der Waals surface area contributed by atoms with Crippen molar-refractivity contribution in [2.75, 3.05) is 27.4 Å². The molecule has 10 heavy (non-hydrogen) atoms. The second-order valence-corrected chi connectivity index (χ2v) is 2.83. The molecule has 0 spiro atoms. The molecule has 1 atom stereocenters. The first-order valence-corrected chi connectivity index (χ1v) is 3.39. The Kier molecular flexibility index (Phi) is 4.60. The molecule has 0 aromatic carbocycles. The van der Waals surface area contributed by atoms with Gasteiger partial charge < -0.3 is 15.2 Å². The van der Waals surface area contributed by atoms with E-state index >= 15 is 0 Å². The molecule has 0 aromatic heterocycles. The molecule has 0 aliphatic heterocycles. The summed E-state index contributed by atoms with van der Waals surface area (Å²) in [6, 6.07) is 0. The molecule has 0 saturated carbocycles. The number of methoxy groups -OCH3 is 2. The summed E-state index contributed by atoms with van der Waals surface area (Å²) in [7, 11) is 3.32. The predicted octanol–water partition coefficient (Wildman–Crippen LogP) is 0.387. The summed E-state index contributed by atoms with van der Waals surface area (Å²) in [5, 5.41) is 0. The van der Waals surface area contributed by atoms with E-state index in [0.717, 1.165) is 6.42 Å². The Morgan fingerprint density at radius 2 is 1.90 bits per heavy atom. The monoisotopic (exact) mass is 147 g/mol. The molecular formula is C7H17NO2. The van der Waals surface area contributed by atoms with E-state index in [0.29, 0.717) is 13.2 Å². The molecule has 3 heteroatoms. The zero-order chi connectivity index (χ0) is 8.04. The Morgan fingerprint density at radius 1 is 1.30 bits per heavy atom. The van der Waals surface area contributed by atoms with Gasteiger partial charge in [-0.1, -0.05) is 0 Å². The lowest BCUT2D eigenvalue weighted by Gasteiger charge is -2.22. The van der Waals surface area contributed by atoms with E-state index in [1.807, 2.05) is 6.92 Å². The summed E-state index contributed by atoms with van der Waals surface area (Å²) in [5.74, 6) is 0. The third kappa shape index (κ3) is 4.73. The Morgan fingerprint density at radius 3 is 2.30 bits per heavy atom. The van der Waals surface area contributed by atoms with Gasteiger partial charge in [-0.05, 0) is 13.3 Å². The van der Waals surface area contributed by atoms with E-state index in [1.54, 1.807) is 14.2 Å². The molecule has 0 aromatic rings. The normalized spacial score (nSPS) is 16.8. The zero-order valence-electron chi connectivity index (χ0n) is 7.02. The molecule has 3 nitrogen and oxygen atoms in total. The second-order valence-electron chi connectivity index (χ2n) is 2.83. The van der Waals surface area contributed by atoms with Gasteiger partial charge in [0.2, 0.25) is 0 Å². The zero-order valence-corrected chi connectivity index (χ0v) is 7.02. The number of hydrogen-bond acceptors (Lipinski definition) is 3. The van der Waals surface area contributed by atoms with Crippen molar-refractivity contribution in [3.05, 3.63) is 0 Å². The third-order valence-corrected chi connectivity index (χ3v) is 1.35. The van der Waals surface area contributed by atoms with Crippen molar-refractivity contribution in [3.8, 4) is 0 Å². The topological polar surface area (TPSA) is 44.5 Å². The van der Waals surface area contributed by atoms with Gasteiger partial charge in [0.25, 0.3) is 0 Å². The Hall–Kier alpha value is -0.120. The molecule has 0 bridgehead atoms. The number of rotatable bonds is 5. The largest absolute Gasteiger partial charge is 0.385 e. The van der Waals surface area contributed by atoms with Crippen LogP contribution in [0.25, 0.3) is 0 Å². The summed E-state index contributed by atoms with van der Waals surface area (Å²) in [6.45, 7) is 3.22. The highest BCUT2D eigenvalue weighted by atomic mass is 16.5. The van der Waals surface area contributed by atoms with Gasteiger partial charge in [-0.3, -0.25) is 0 Å². The van der Waals surface area contributed by atoms with E-state index in [9.17, 15) is 0 Å². The number of ether oxygens (including phenoxy) is 2. The first-order valence-electron chi connectivity index (χ1n) is 3.39. The molecule has 0 rings (SSSR count). The molecular weight excluding hydrogens is 130 g/mol. The highest BCUT2D eigenvalue weighted by Gasteiger charge is 2.16. The van der Waals surface area contributed by atoms with Gasteiger partial charge in [-0.15, -0.1) is 0 Å². The Balaban J connectivity index is 3.42. The smallest absolute Gasteiger partial charge is 0.0640 e. The quantitative estimate of drug-likeness (QED) is 0.611. The van der Waals surface area contributed by atoms with Gasteiger partial charge >= 0.3 is 0 Å². The standard InChI is InChI=1S/C7H17NO2/c1-7(8,6-10-3)4-5-9-2/h4-6,8H2,1-3H3. The first-order chi connectivity index (χ1) is 4.62. The molecule has 0 heterocycles. The van der Waals surface area contributed by atoms with Crippen molar-refractivity contribution in [2.45, 2.75) is 18.9 Å². The van der Waals surface area contributed by atoms with E-state index in [4.69, 9.17) is 15.2 Å². The van der Waals surface area contributed by atoms with Gasteiger partial charge in [-0.2, -0.15) is 0 Å². The lowest BCUT2D eigenvalue weighted by atomic mass is 10.0. The highest BCUT2D eigenvalue weighted by Crippen LogP contribution is 2.04. The van der Waals surface area contributed by atoms with Crippen molar-refractivity contribution >= 4 is 0 Å². The van der Waals surface area contributed by atoms with Crippen LogP contribution in [0.3, 0.4) is 0 Å². The summed E-state index contributed by atoms with van der Waals surface area (Å²) in [5.41, 5.74) is 5.56. The van der Waals surface area contributed by atoms with Crippen LogP contribution in [0.15, 0.2) is 0 Å². The second kappa shape index (κ2) is 4.66. The molecule has 0 saturated heterocycles. The summed E-state index contributed by atoms with van der Waals surface area (Å²) >= 11 is 0. The van der Waals surface area contributed by atoms with Crippen LogP contribution in [0.5, 0.6) is 0 Å². The summed E-state index contributed by atoms with van der Waals surface area (Å²) in [6.07, 6.45) is 0.831. The fourth-order valence-electron chi connectivity index (χ4n) is 0.737. The predicted molar refractivity (Wildman–Crippen MR) is 41.0 cm³/mol. The fraction of sp³-hybridized carbons (Fsp3) is 1.00. The van der Waals surface area contributed by atoms with E-state index < -0.39 is 0 Å². The number of hydrogen-bond donors (Lipinski definition) is 1. The van der Waals surface area contributed by atoms with Gasteiger partial charge in [0, 0.05) is 26.4 Å². The summed E-state index contributed by atoms with van der Waals surface area (Å²) in [4.78, 5) is 0. The molecule has 1 unspecified atom stereocenters. The molecule has 2 N–H and O–H groups in total. The third-order valence-electron chi connectivity index (χ3n) is 1.35. The van der Waals surface area contributed by atoms with Crippen LogP contribution in [-0.2, 0) is 9.47 Å². The lowest BCUT2D eigenvalue weighted by molar-refractivity contribution is 0.107. The molecule has 0 radical (unpaired) electrons. The van der Waals surface area contributed by atoms with Crippen molar-refractivity contribution in [1.82, 2.24) is 0 Å². The van der Waals surface area contributed by atoms with Crippen LogP contribution >= 0.6 is 0 Å². The molecule has 0 aliphatic carbocycles. The highest BCUT2D eigenvalue weighted by molar-refractivity contribution is 4.77. The minimum absolute atomic E-state index is 0.245. The minimum atomic E-state index is -0.245. The maximum atomic E-state index is 5.81. The Bertz CT molecular complexity index is 83.7. The molecule has 0 aliphatic rings. The Labute approximate surface area is 62.5 Å². The fourth-order valence-corrected chi connectivity index (χ4v) is 0.737. The molecule has 0 fully saturated rings. The van der Waals surface area contributed by atoms with Crippen LogP contribution in [0, 0.1) is 0 Å². The lowest BCUT2D eigenvalue weighted by Crippen LogP contribution is -2.41. The van der Waals surface area contributed by atoms with Gasteiger partial charge in [-0.25, -0.2) is 0 Å². The molecule has 0 amide bonds. The molecule has 62 valence electrons. The maximum absolute atomic E-state index is 5.81. The van der Waals surface area contributed by atoms with Crippen molar-refractivity contribution in [3.63, 3.8) is 0 Å². The average molecular weight is 147 g/mol. The number of nitrogens with two attached hydrogens (primary N) is 1. The van der Waals surface area contributed by atoms with Crippen molar-refractivity contribution < 1.29 is 9.47 Å². The van der Waals surface area contributed by atoms with E-state index in [-0.39, 0.29) is 5.54 Å². The van der Waals surface area contributed by atoms with Crippen LogP contribution in [0.2, 0.25) is 0 Å². The van der Waals surface area contributed by atoms with Crippen LogP contribution in [-0.4, -0.2) is 33.0 Å².